The van der Waals surface area contributed by atoms with Gasteiger partial charge in [0.15, 0.2) is 7.26 Å². The van der Waals surface area contributed by atoms with Crippen LogP contribution in [0.2, 0.25) is 0 Å². The van der Waals surface area contributed by atoms with Crippen LogP contribution in [0.25, 0.3) is 0 Å². The normalized spacial score (nSPS) is 14.0. The van der Waals surface area contributed by atoms with Crippen molar-refractivity contribution in [2.45, 2.75) is 0 Å². The van der Waals surface area contributed by atoms with E-state index in [0.29, 0.717) is 13.2 Å². The van der Waals surface area contributed by atoms with Crippen LogP contribution in [0.5, 0.6) is 6.08 Å². The number of hydrogen-bond acceptors (Lipinski definition) is 9. The Morgan fingerprint density at radius 1 is 0.811 bits per heavy atom. The van der Waals surface area contributed by atoms with Crippen LogP contribution in [0.4, 0.5) is 5.88 Å². The molecule has 1 fully saturated rings. The number of morpholine rings is 1. The van der Waals surface area contributed by atoms with E-state index >= 15 is 0 Å². The van der Waals surface area contributed by atoms with Gasteiger partial charge in [0.1, 0.15) is 15.9 Å². The van der Waals surface area contributed by atoms with Gasteiger partial charge < -0.3 is 18.8 Å². The number of methoxy groups -OCH3 is 1. The summed E-state index contributed by atoms with van der Waals surface area (Å²) in [6, 6.07) is 32.0. The average molecular weight is 546 g/mol. The summed E-state index contributed by atoms with van der Waals surface area (Å²) in [7, 11) is -5.46. The first-order chi connectivity index (χ1) is 17.8. The highest BCUT2D eigenvalue weighted by Gasteiger charge is 2.54. The van der Waals surface area contributed by atoms with E-state index in [2.05, 4.69) is 95.9 Å². The van der Waals surface area contributed by atoms with Crippen LogP contribution >= 0.6 is 7.26 Å². The number of nitrogens with zero attached hydrogens (tertiary/aromatic N) is 2. The molecule has 0 bridgehead atoms. The zero-order valence-electron chi connectivity index (χ0n) is 20.1. The highest BCUT2D eigenvalue weighted by Crippen LogP contribution is 2.56. The molecular formula is C26H27ClN2O7P+. The SMILES string of the molecule is COc1nc([P+](c2ccccc2)(c2ccccc2)c2ccccc2)c(N2CCOCC2)o1.[O-][Cl+3]([O-])([O-])O. The maximum absolute atomic E-state index is 8.60. The summed E-state index contributed by atoms with van der Waals surface area (Å²) in [5, 5.41) is 3.67. The molecule has 3 aromatic carbocycles. The lowest BCUT2D eigenvalue weighted by Crippen LogP contribution is -2.58. The van der Waals surface area contributed by atoms with Crippen LogP contribution < -0.4 is 45.0 Å². The van der Waals surface area contributed by atoms with E-state index in [1.807, 2.05) is 0 Å². The molecule has 1 saturated heterocycles. The van der Waals surface area contributed by atoms with Crippen LogP contribution in [-0.4, -0.2) is 43.1 Å². The lowest BCUT2D eigenvalue weighted by atomic mass is 10.4. The topological polar surface area (TPSA) is 137 Å². The Balaban J connectivity index is 0.000000586. The molecule has 5 rings (SSSR count). The highest BCUT2D eigenvalue weighted by atomic mass is 35.7. The Kier molecular flexibility index (Phi) is 8.79. The van der Waals surface area contributed by atoms with Crippen molar-refractivity contribution in [3.63, 3.8) is 0 Å². The lowest BCUT2D eigenvalue weighted by Gasteiger charge is -2.30. The summed E-state index contributed by atoms with van der Waals surface area (Å²) < 4.78 is 50.1. The molecule has 194 valence electrons. The average Bonchev–Trinajstić information content (AvgIpc) is 3.35. The molecule has 0 amide bonds. The third-order valence-corrected chi connectivity index (χ3v) is 9.94. The molecule has 1 N–H and O–H groups in total. The Hall–Kier alpha value is -3.01. The van der Waals surface area contributed by atoms with E-state index in [1.165, 1.54) is 15.9 Å². The predicted molar refractivity (Wildman–Crippen MR) is 133 cm³/mol. The van der Waals surface area contributed by atoms with Gasteiger partial charge >= 0.3 is 6.08 Å². The molecule has 1 aliphatic heterocycles. The molecule has 0 radical (unpaired) electrons. The summed E-state index contributed by atoms with van der Waals surface area (Å²) in [6.45, 7) is 2.83. The summed E-state index contributed by atoms with van der Waals surface area (Å²) in [6.07, 6.45) is 0.286. The second kappa shape index (κ2) is 12.0. The number of aromatic nitrogens is 1. The van der Waals surface area contributed by atoms with Crippen molar-refractivity contribution >= 4 is 34.5 Å². The molecule has 0 spiro atoms. The van der Waals surface area contributed by atoms with Gasteiger partial charge in [0, 0.05) is 13.1 Å². The fourth-order valence-corrected chi connectivity index (χ4v) is 8.52. The fraction of sp³-hybridized carbons (Fsp3) is 0.192. The van der Waals surface area contributed by atoms with Gasteiger partial charge in [0.2, 0.25) is 0 Å². The third kappa shape index (κ3) is 6.29. The summed E-state index contributed by atoms with van der Waals surface area (Å²) in [5.74, 6) is 0.773. The van der Waals surface area contributed by atoms with Crippen molar-refractivity contribution in [3.8, 4) is 6.08 Å². The van der Waals surface area contributed by atoms with Gasteiger partial charge in [-0.2, -0.15) is 14.0 Å². The third-order valence-electron chi connectivity index (χ3n) is 5.79. The van der Waals surface area contributed by atoms with Crippen molar-refractivity contribution in [3.05, 3.63) is 91.0 Å². The van der Waals surface area contributed by atoms with Crippen LogP contribution in [-0.2, 0) is 4.74 Å². The number of rotatable bonds is 6. The monoisotopic (exact) mass is 545 g/mol. The minimum Gasteiger partial charge on any atom is -0.453 e. The molecule has 37 heavy (non-hydrogen) atoms. The van der Waals surface area contributed by atoms with Crippen LogP contribution in [0.3, 0.4) is 0 Å². The number of ether oxygens (including phenoxy) is 2. The minimum atomic E-state index is -4.69. The standard InChI is InChI=1S/C26H26N2O3P.ClHO4/c1-29-26-27-24(25(31-26)28-17-19-30-20-18-28)32(21-11-5-2-6-12-21,22-13-7-3-8-14-22)23-15-9-4-10-16-23;2-1(3,4)5/h2-16H,17-20H2,1H3;(H,2,3,4,5)/q+1;. The van der Waals surface area contributed by atoms with E-state index in [-0.39, 0.29) is 6.08 Å². The molecule has 4 aromatic rings. The van der Waals surface area contributed by atoms with Crippen LogP contribution in [0.15, 0.2) is 95.4 Å². The van der Waals surface area contributed by atoms with E-state index in [1.54, 1.807) is 7.11 Å². The van der Waals surface area contributed by atoms with Crippen molar-refractivity contribution in [2.75, 3.05) is 38.3 Å². The molecule has 1 aromatic heterocycles. The predicted octanol–water partition coefficient (Wildman–Crippen LogP) is -0.985. The number of halogens is 1. The highest BCUT2D eigenvalue weighted by molar-refractivity contribution is 8.01. The zero-order chi connectivity index (χ0) is 26.3. The first kappa shape index (κ1) is 27.0. The smallest absolute Gasteiger partial charge is 0.398 e. The van der Waals surface area contributed by atoms with Crippen molar-refractivity contribution in [2.24, 2.45) is 0 Å². The number of benzene rings is 3. The van der Waals surface area contributed by atoms with Gasteiger partial charge in [0.25, 0.3) is 11.3 Å². The molecule has 11 heteroatoms. The van der Waals surface area contributed by atoms with Gasteiger partial charge in [-0.15, -0.1) is 4.98 Å². The lowest BCUT2D eigenvalue weighted by molar-refractivity contribution is -1.92. The Bertz CT molecular complexity index is 1150. The Morgan fingerprint density at radius 3 is 1.59 bits per heavy atom. The van der Waals surface area contributed by atoms with Gasteiger partial charge in [-0.1, -0.05) is 54.6 Å². The molecule has 0 unspecified atom stereocenters. The Labute approximate surface area is 217 Å². The minimum absolute atomic E-state index is 0.286. The maximum Gasteiger partial charge on any atom is 0.398 e. The van der Waals surface area contributed by atoms with E-state index in [4.69, 9.17) is 37.5 Å². The number of oxazole rings is 1. The van der Waals surface area contributed by atoms with Gasteiger partial charge in [0.05, 0.1) is 35.2 Å². The molecule has 9 nitrogen and oxygen atoms in total. The number of hydrogen-bond donors (Lipinski definition) is 1. The van der Waals surface area contributed by atoms with E-state index in [0.717, 1.165) is 24.4 Å². The quantitative estimate of drug-likeness (QED) is 0.303. The largest absolute Gasteiger partial charge is 0.453 e. The van der Waals surface area contributed by atoms with Crippen molar-refractivity contribution in [1.82, 2.24) is 4.98 Å². The fourth-order valence-electron chi connectivity index (χ4n) is 4.33. The van der Waals surface area contributed by atoms with Crippen molar-refractivity contribution in [1.29, 1.82) is 0 Å². The molecule has 0 atom stereocenters. The van der Waals surface area contributed by atoms with Gasteiger partial charge in [-0.3, -0.25) is 0 Å². The second-order valence-corrected chi connectivity index (χ2v) is 12.1. The maximum atomic E-state index is 8.60. The summed E-state index contributed by atoms with van der Waals surface area (Å²) >= 11 is 0. The zero-order valence-corrected chi connectivity index (χ0v) is 21.8. The number of anilines is 1. The van der Waals surface area contributed by atoms with Crippen LogP contribution in [0, 0.1) is 10.2 Å². The van der Waals surface area contributed by atoms with Gasteiger partial charge in [-0.05, 0) is 36.4 Å². The molecule has 1 aliphatic rings. The molecule has 0 saturated carbocycles. The van der Waals surface area contributed by atoms with E-state index < -0.39 is 17.5 Å². The molecular weight excluding hydrogens is 519 g/mol. The molecule has 0 aliphatic carbocycles. The summed E-state index contributed by atoms with van der Waals surface area (Å²) in [5.41, 5.74) is 0.930. The van der Waals surface area contributed by atoms with Crippen LogP contribution in [0.1, 0.15) is 0 Å². The second-order valence-electron chi connectivity index (χ2n) is 7.99. The van der Waals surface area contributed by atoms with Crippen molar-refractivity contribution < 1.29 is 42.8 Å². The molecule has 2 heterocycles. The summed E-state index contributed by atoms with van der Waals surface area (Å²) in [4.78, 5) is 7.22. The Morgan fingerprint density at radius 2 is 1.22 bits per heavy atom. The first-order valence-corrected chi connectivity index (χ1v) is 14.5. The van der Waals surface area contributed by atoms with Gasteiger partial charge in [-0.25, -0.2) is 0 Å². The first-order valence-electron chi connectivity index (χ1n) is 11.4. The van der Waals surface area contributed by atoms with E-state index in [9.17, 15) is 0 Å².